The molecule has 0 bridgehead atoms. The molecule has 126 valence electrons. The number of hydrogen-bond acceptors (Lipinski definition) is 3. The van der Waals surface area contributed by atoms with Crippen LogP contribution in [0.4, 0.5) is 13.2 Å². The van der Waals surface area contributed by atoms with Gasteiger partial charge in [0.1, 0.15) is 11.3 Å². The first-order chi connectivity index (χ1) is 10.5. The number of benzene rings is 1. The van der Waals surface area contributed by atoms with E-state index in [0.29, 0.717) is 6.42 Å². The summed E-state index contributed by atoms with van der Waals surface area (Å²) in [6, 6.07) is 5.64. The van der Waals surface area contributed by atoms with Crippen LogP contribution in [-0.4, -0.2) is 28.9 Å². The minimum atomic E-state index is -4.81. The molecule has 23 heavy (non-hydrogen) atoms. The highest BCUT2D eigenvalue weighted by Gasteiger charge is 2.48. The van der Waals surface area contributed by atoms with E-state index in [-0.39, 0.29) is 11.3 Å². The molecule has 0 saturated heterocycles. The molecule has 1 fully saturated rings. The fourth-order valence-electron chi connectivity index (χ4n) is 2.29. The zero-order valence-corrected chi connectivity index (χ0v) is 12.5. The molecule has 1 aliphatic rings. The molecule has 8 heteroatoms. The number of amides is 1. The molecular weight excluding hydrogens is 315 g/mol. The molecule has 1 aliphatic carbocycles. The van der Waals surface area contributed by atoms with Gasteiger partial charge in [-0.2, -0.15) is 0 Å². The summed E-state index contributed by atoms with van der Waals surface area (Å²) in [5.41, 5.74) is -1.15. The van der Waals surface area contributed by atoms with Gasteiger partial charge in [-0.3, -0.25) is 4.79 Å². The number of carboxylic acid groups (broad SMARTS) is 1. The van der Waals surface area contributed by atoms with Crippen LogP contribution in [0, 0.1) is 5.92 Å². The van der Waals surface area contributed by atoms with E-state index in [4.69, 9.17) is 5.11 Å². The first-order valence-corrected chi connectivity index (χ1v) is 6.91. The molecular formula is C15H16F3NO4. The van der Waals surface area contributed by atoms with Gasteiger partial charge >= 0.3 is 12.3 Å². The van der Waals surface area contributed by atoms with Crippen LogP contribution in [0.1, 0.15) is 31.7 Å². The molecule has 2 unspecified atom stereocenters. The number of rotatable bonds is 5. The lowest BCUT2D eigenvalue weighted by molar-refractivity contribution is -0.274. The van der Waals surface area contributed by atoms with Crippen LogP contribution in [0.15, 0.2) is 24.3 Å². The van der Waals surface area contributed by atoms with Gasteiger partial charge in [0.05, 0.1) is 0 Å². The fourth-order valence-corrected chi connectivity index (χ4v) is 2.29. The third-order valence-electron chi connectivity index (χ3n) is 3.64. The number of carbonyl (C=O) groups is 2. The minimum Gasteiger partial charge on any atom is -0.480 e. The van der Waals surface area contributed by atoms with Gasteiger partial charge < -0.3 is 15.2 Å². The van der Waals surface area contributed by atoms with Crippen LogP contribution in [0.2, 0.25) is 0 Å². The molecule has 0 aliphatic heterocycles. The number of hydrogen-bond donors (Lipinski definition) is 2. The number of carbonyl (C=O) groups excluding carboxylic acids is 1. The van der Waals surface area contributed by atoms with Crippen molar-refractivity contribution in [1.82, 2.24) is 5.32 Å². The molecule has 0 aromatic heterocycles. The van der Waals surface area contributed by atoms with Crippen molar-refractivity contribution in [2.24, 2.45) is 5.92 Å². The number of ether oxygens (including phenoxy) is 1. The van der Waals surface area contributed by atoms with E-state index in [1.54, 1.807) is 6.07 Å². The van der Waals surface area contributed by atoms with Crippen LogP contribution < -0.4 is 10.1 Å². The third-order valence-corrected chi connectivity index (χ3v) is 3.64. The van der Waals surface area contributed by atoms with Gasteiger partial charge in [-0.15, -0.1) is 13.2 Å². The molecule has 0 heterocycles. The summed E-state index contributed by atoms with van der Waals surface area (Å²) in [6.45, 7) is 2.68. The first kappa shape index (κ1) is 17.1. The van der Waals surface area contributed by atoms with E-state index < -0.39 is 35.6 Å². The highest BCUT2D eigenvalue weighted by Crippen LogP contribution is 2.51. The smallest absolute Gasteiger partial charge is 0.480 e. The second-order valence-electron chi connectivity index (χ2n) is 5.95. The molecule has 1 aromatic rings. The van der Waals surface area contributed by atoms with Gasteiger partial charge in [-0.05, 0) is 37.8 Å². The Labute approximate surface area is 130 Å². The Morgan fingerprint density at radius 1 is 1.26 bits per heavy atom. The summed E-state index contributed by atoms with van der Waals surface area (Å²) in [5.74, 6) is -3.00. The van der Waals surface area contributed by atoms with Crippen LogP contribution >= 0.6 is 0 Å². The SMILES string of the molecule is CC(C)(NC(=O)C1CC1c1ccccc1OC(F)(F)F)C(=O)O. The standard InChI is InChI=1S/C15H16F3NO4/c1-14(2,13(21)22)19-12(20)10-7-9(10)8-5-3-4-6-11(8)23-15(16,17)18/h3-6,9-10H,7H2,1-2H3,(H,19,20)(H,21,22). The van der Waals surface area contributed by atoms with Crippen LogP contribution in [0.5, 0.6) is 5.75 Å². The number of nitrogens with one attached hydrogen (secondary N) is 1. The predicted molar refractivity (Wildman–Crippen MR) is 73.8 cm³/mol. The number of aliphatic carboxylic acids is 1. The van der Waals surface area contributed by atoms with Gasteiger partial charge in [0.25, 0.3) is 0 Å². The van der Waals surface area contributed by atoms with Crippen molar-refractivity contribution in [2.75, 3.05) is 0 Å². The Balaban J connectivity index is 2.09. The Kier molecular flexibility index (Phi) is 4.28. The van der Waals surface area contributed by atoms with E-state index in [9.17, 15) is 22.8 Å². The van der Waals surface area contributed by atoms with E-state index >= 15 is 0 Å². The topological polar surface area (TPSA) is 75.6 Å². The summed E-state index contributed by atoms with van der Waals surface area (Å²) in [7, 11) is 0. The summed E-state index contributed by atoms with van der Waals surface area (Å²) in [6.07, 6.45) is -4.46. The maximum Gasteiger partial charge on any atom is 0.573 e. The molecule has 1 aromatic carbocycles. The van der Waals surface area contributed by atoms with Crippen molar-refractivity contribution < 1.29 is 32.6 Å². The number of halogens is 3. The van der Waals surface area contributed by atoms with Gasteiger partial charge in [0.2, 0.25) is 5.91 Å². The van der Waals surface area contributed by atoms with E-state index in [2.05, 4.69) is 10.1 Å². The largest absolute Gasteiger partial charge is 0.573 e. The minimum absolute atomic E-state index is 0.290. The second kappa shape index (κ2) is 5.75. The zero-order chi connectivity index (χ0) is 17.4. The highest BCUT2D eigenvalue weighted by molar-refractivity contribution is 5.89. The maximum atomic E-state index is 12.4. The van der Waals surface area contributed by atoms with Crippen molar-refractivity contribution in [3.8, 4) is 5.75 Å². The van der Waals surface area contributed by atoms with Gasteiger partial charge in [-0.25, -0.2) is 4.79 Å². The van der Waals surface area contributed by atoms with Gasteiger partial charge in [-0.1, -0.05) is 18.2 Å². The Morgan fingerprint density at radius 2 is 1.87 bits per heavy atom. The lowest BCUT2D eigenvalue weighted by Crippen LogP contribution is -2.50. The molecule has 2 N–H and O–H groups in total. The summed E-state index contributed by atoms with van der Waals surface area (Å²) in [4.78, 5) is 23.1. The van der Waals surface area contributed by atoms with Crippen molar-refractivity contribution in [1.29, 1.82) is 0 Å². The number of alkyl halides is 3. The molecule has 1 saturated carbocycles. The fraction of sp³-hybridized carbons (Fsp3) is 0.467. The Hall–Kier alpha value is -2.25. The monoisotopic (exact) mass is 331 g/mol. The predicted octanol–water partition coefficient (Wildman–Crippen LogP) is 2.67. The number of carboxylic acids is 1. The summed E-state index contributed by atoms with van der Waals surface area (Å²) >= 11 is 0. The lowest BCUT2D eigenvalue weighted by atomic mass is 10.0. The molecule has 2 rings (SSSR count). The molecule has 0 spiro atoms. The average molecular weight is 331 g/mol. The van der Waals surface area contributed by atoms with Crippen LogP contribution in [-0.2, 0) is 9.59 Å². The van der Waals surface area contributed by atoms with Crippen molar-refractivity contribution in [3.05, 3.63) is 29.8 Å². The molecule has 0 radical (unpaired) electrons. The normalized spacial score (nSPS) is 20.7. The lowest BCUT2D eigenvalue weighted by Gasteiger charge is -2.21. The maximum absolute atomic E-state index is 12.4. The van der Waals surface area contributed by atoms with Gasteiger partial charge in [0, 0.05) is 5.92 Å². The van der Waals surface area contributed by atoms with Crippen LogP contribution in [0.25, 0.3) is 0 Å². The first-order valence-electron chi connectivity index (χ1n) is 6.91. The Bertz CT molecular complexity index is 627. The van der Waals surface area contributed by atoms with E-state index in [0.717, 1.165) is 0 Å². The third kappa shape index (κ3) is 4.14. The second-order valence-corrected chi connectivity index (χ2v) is 5.95. The summed E-state index contributed by atoms with van der Waals surface area (Å²) in [5, 5.41) is 11.4. The highest BCUT2D eigenvalue weighted by atomic mass is 19.4. The Morgan fingerprint density at radius 3 is 2.43 bits per heavy atom. The van der Waals surface area contributed by atoms with Crippen molar-refractivity contribution in [2.45, 2.75) is 38.1 Å². The molecule has 1 amide bonds. The van der Waals surface area contributed by atoms with Crippen LogP contribution in [0.3, 0.4) is 0 Å². The average Bonchev–Trinajstić information content (AvgIpc) is 3.17. The van der Waals surface area contributed by atoms with Crippen molar-refractivity contribution in [3.63, 3.8) is 0 Å². The van der Waals surface area contributed by atoms with Gasteiger partial charge in [0.15, 0.2) is 0 Å². The molecule has 2 atom stereocenters. The zero-order valence-electron chi connectivity index (χ0n) is 12.5. The quantitative estimate of drug-likeness (QED) is 0.870. The van der Waals surface area contributed by atoms with Crippen molar-refractivity contribution >= 4 is 11.9 Å². The van der Waals surface area contributed by atoms with E-state index in [1.807, 2.05) is 0 Å². The summed E-state index contributed by atoms with van der Waals surface area (Å²) < 4.78 is 41.2. The number of para-hydroxylation sites is 1. The van der Waals surface area contributed by atoms with E-state index in [1.165, 1.54) is 32.0 Å². The molecule has 5 nitrogen and oxygen atoms in total.